The molecular weight excluding hydrogens is 397 g/mol. The van der Waals surface area contributed by atoms with E-state index in [0.717, 1.165) is 34.9 Å². The number of hydrogen-bond acceptors (Lipinski definition) is 2. The van der Waals surface area contributed by atoms with E-state index < -0.39 is 0 Å². The van der Waals surface area contributed by atoms with Crippen LogP contribution < -0.4 is 10.1 Å². The maximum Gasteiger partial charge on any atom is 0.124 e. The van der Waals surface area contributed by atoms with Gasteiger partial charge in [0.05, 0.1) is 12.6 Å². The van der Waals surface area contributed by atoms with Crippen LogP contribution in [0.1, 0.15) is 30.5 Å². The lowest BCUT2D eigenvalue weighted by Gasteiger charge is -2.22. The highest BCUT2D eigenvalue weighted by Crippen LogP contribution is 2.33. The van der Waals surface area contributed by atoms with Gasteiger partial charge >= 0.3 is 0 Å². The van der Waals surface area contributed by atoms with Crippen molar-refractivity contribution in [3.63, 3.8) is 0 Å². The summed E-state index contributed by atoms with van der Waals surface area (Å²) in [5, 5.41) is 4.12. The van der Waals surface area contributed by atoms with E-state index in [4.69, 9.17) is 16.3 Å². The van der Waals surface area contributed by atoms with Gasteiger partial charge in [0.2, 0.25) is 0 Å². The Balaban J connectivity index is 2.44. The van der Waals surface area contributed by atoms with E-state index >= 15 is 0 Å². The van der Waals surface area contributed by atoms with Crippen molar-refractivity contribution >= 4 is 34.2 Å². The molecule has 1 atom stereocenters. The van der Waals surface area contributed by atoms with Gasteiger partial charge in [-0.05, 0) is 65.9 Å². The van der Waals surface area contributed by atoms with Crippen molar-refractivity contribution in [2.24, 2.45) is 0 Å². The van der Waals surface area contributed by atoms with E-state index in [1.54, 1.807) is 0 Å². The average Bonchev–Trinajstić information content (AvgIpc) is 2.50. The lowest BCUT2D eigenvalue weighted by atomic mass is 9.98. The molecular formula is C17H19ClINO. The van der Waals surface area contributed by atoms with E-state index in [1.807, 2.05) is 43.4 Å². The summed E-state index contributed by atoms with van der Waals surface area (Å²) in [4.78, 5) is 0. The van der Waals surface area contributed by atoms with E-state index in [0.29, 0.717) is 0 Å². The first-order chi connectivity index (χ1) is 10.2. The fourth-order valence-electron chi connectivity index (χ4n) is 2.28. The average molecular weight is 416 g/mol. The normalized spacial score (nSPS) is 12.2. The molecule has 0 aliphatic heterocycles. The van der Waals surface area contributed by atoms with Gasteiger partial charge in [0.1, 0.15) is 5.75 Å². The van der Waals surface area contributed by atoms with Crippen LogP contribution in [0, 0.1) is 3.57 Å². The molecule has 0 fully saturated rings. The quantitative estimate of drug-likeness (QED) is 0.667. The molecule has 0 saturated heterocycles. The molecule has 0 saturated carbocycles. The minimum atomic E-state index is 0.0589. The first kappa shape index (κ1) is 16.6. The number of halogens is 2. The summed E-state index contributed by atoms with van der Waals surface area (Å²) in [6, 6.07) is 14.2. The number of hydrogen-bond donors (Lipinski definition) is 1. The third kappa shape index (κ3) is 4.11. The second-order valence-corrected chi connectivity index (χ2v) is 6.37. The molecule has 0 amide bonds. The Morgan fingerprint density at radius 1 is 1.19 bits per heavy atom. The molecule has 0 aromatic heterocycles. The molecule has 0 aliphatic carbocycles. The molecule has 1 unspecified atom stereocenters. The zero-order valence-electron chi connectivity index (χ0n) is 12.2. The van der Waals surface area contributed by atoms with Crippen LogP contribution in [0.4, 0.5) is 0 Å². The summed E-state index contributed by atoms with van der Waals surface area (Å²) in [7, 11) is 1.96. The van der Waals surface area contributed by atoms with Crippen molar-refractivity contribution in [2.45, 2.75) is 19.4 Å². The molecule has 4 heteroatoms. The molecule has 2 rings (SSSR count). The molecule has 2 aromatic carbocycles. The van der Waals surface area contributed by atoms with E-state index in [9.17, 15) is 0 Å². The number of benzene rings is 2. The van der Waals surface area contributed by atoms with Gasteiger partial charge in [-0.15, -0.1) is 0 Å². The van der Waals surface area contributed by atoms with Crippen molar-refractivity contribution in [3.05, 3.63) is 62.2 Å². The summed E-state index contributed by atoms with van der Waals surface area (Å²) in [6.45, 7) is 2.83. The van der Waals surface area contributed by atoms with Crippen LogP contribution in [0.3, 0.4) is 0 Å². The van der Waals surface area contributed by atoms with Crippen LogP contribution in [0.25, 0.3) is 0 Å². The summed E-state index contributed by atoms with van der Waals surface area (Å²) < 4.78 is 7.07. The largest absolute Gasteiger partial charge is 0.493 e. The lowest BCUT2D eigenvalue weighted by Crippen LogP contribution is -2.19. The van der Waals surface area contributed by atoms with Crippen LogP contribution in [-0.2, 0) is 0 Å². The van der Waals surface area contributed by atoms with Crippen LogP contribution in [-0.4, -0.2) is 13.7 Å². The van der Waals surface area contributed by atoms with Crippen LogP contribution in [0.15, 0.2) is 42.5 Å². The van der Waals surface area contributed by atoms with Crippen LogP contribution in [0.5, 0.6) is 5.75 Å². The molecule has 0 radical (unpaired) electrons. The van der Waals surface area contributed by atoms with Gasteiger partial charge in [-0.1, -0.05) is 36.7 Å². The molecule has 0 aliphatic rings. The molecule has 2 nitrogen and oxygen atoms in total. The third-order valence-corrected chi connectivity index (χ3v) is 4.47. The standard InChI is InChI=1S/C17H19ClINO/c1-3-10-21-16-7-5-4-6-13(16)17(20-2)14-11-12(18)8-9-15(14)19/h4-9,11,17,20H,3,10H2,1-2H3. The zero-order valence-corrected chi connectivity index (χ0v) is 15.1. The van der Waals surface area contributed by atoms with Gasteiger partial charge in [0.25, 0.3) is 0 Å². The highest BCUT2D eigenvalue weighted by atomic mass is 127. The summed E-state index contributed by atoms with van der Waals surface area (Å²) in [6.07, 6.45) is 0.993. The molecule has 112 valence electrons. The van der Waals surface area contributed by atoms with Crippen LogP contribution in [0.2, 0.25) is 5.02 Å². The van der Waals surface area contributed by atoms with Gasteiger partial charge in [0, 0.05) is 14.2 Å². The highest BCUT2D eigenvalue weighted by molar-refractivity contribution is 14.1. The Kier molecular flexibility index (Phi) is 6.33. The van der Waals surface area contributed by atoms with Gasteiger partial charge in [0.15, 0.2) is 0 Å². The molecule has 21 heavy (non-hydrogen) atoms. The lowest BCUT2D eigenvalue weighted by molar-refractivity contribution is 0.312. The van der Waals surface area contributed by atoms with Crippen molar-refractivity contribution in [3.8, 4) is 5.75 Å². The first-order valence-corrected chi connectivity index (χ1v) is 8.47. The minimum Gasteiger partial charge on any atom is -0.493 e. The molecule has 0 bridgehead atoms. The summed E-state index contributed by atoms with van der Waals surface area (Å²) in [5.74, 6) is 0.925. The number of rotatable bonds is 6. The van der Waals surface area contributed by atoms with Crippen LogP contribution >= 0.6 is 34.2 Å². The Labute approximate surface area is 145 Å². The van der Waals surface area contributed by atoms with Gasteiger partial charge in [-0.25, -0.2) is 0 Å². The van der Waals surface area contributed by atoms with Gasteiger partial charge < -0.3 is 10.1 Å². The molecule has 0 heterocycles. The number of ether oxygens (including phenoxy) is 1. The number of para-hydroxylation sites is 1. The monoisotopic (exact) mass is 415 g/mol. The molecule has 2 aromatic rings. The smallest absolute Gasteiger partial charge is 0.124 e. The van der Waals surface area contributed by atoms with E-state index in [1.165, 1.54) is 3.57 Å². The third-order valence-electron chi connectivity index (χ3n) is 3.25. The first-order valence-electron chi connectivity index (χ1n) is 7.01. The predicted molar refractivity (Wildman–Crippen MR) is 97.3 cm³/mol. The highest BCUT2D eigenvalue weighted by Gasteiger charge is 2.19. The van der Waals surface area contributed by atoms with Gasteiger partial charge in [-0.2, -0.15) is 0 Å². The second-order valence-electron chi connectivity index (χ2n) is 4.77. The SMILES string of the molecule is CCCOc1ccccc1C(NC)c1cc(Cl)ccc1I. The maximum absolute atomic E-state index is 6.17. The fraction of sp³-hybridized carbons (Fsp3) is 0.294. The van der Waals surface area contributed by atoms with Crippen molar-refractivity contribution in [1.82, 2.24) is 5.32 Å². The number of nitrogens with one attached hydrogen (secondary N) is 1. The Morgan fingerprint density at radius 2 is 1.95 bits per heavy atom. The summed E-state index contributed by atoms with van der Waals surface area (Å²) >= 11 is 8.51. The van der Waals surface area contributed by atoms with Gasteiger partial charge in [-0.3, -0.25) is 0 Å². The Bertz CT molecular complexity index is 603. The predicted octanol–water partition coefficient (Wildman–Crippen LogP) is 5.04. The second kappa shape index (κ2) is 8.01. The topological polar surface area (TPSA) is 21.3 Å². The fourth-order valence-corrected chi connectivity index (χ4v) is 3.10. The van der Waals surface area contributed by atoms with E-state index in [2.05, 4.69) is 40.9 Å². The van der Waals surface area contributed by atoms with E-state index in [-0.39, 0.29) is 6.04 Å². The van der Waals surface area contributed by atoms with Crippen molar-refractivity contribution < 1.29 is 4.74 Å². The Hall–Kier alpha value is -0.780. The Morgan fingerprint density at radius 3 is 2.67 bits per heavy atom. The van der Waals surface area contributed by atoms with Crippen molar-refractivity contribution in [2.75, 3.05) is 13.7 Å². The maximum atomic E-state index is 6.17. The summed E-state index contributed by atoms with van der Waals surface area (Å²) in [5.41, 5.74) is 2.30. The molecule has 1 N–H and O–H groups in total. The zero-order chi connectivity index (χ0) is 15.2. The van der Waals surface area contributed by atoms with Crippen molar-refractivity contribution in [1.29, 1.82) is 0 Å². The minimum absolute atomic E-state index is 0.0589. The molecule has 0 spiro atoms.